The van der Waals surface area contributed by atoms with Crippen LogP contribution in [0.4, 0.5) is 0 Å². The summed E-state index contributed by atoms with van der Waals surface area (Å²) >= 11 is 0. The summed E-state index contributed by atoms with van der Waals surface area (Å²) in [4.78, 5) is 17.5. The van der Waals surface area contributed by atoms with E-state index in [2.05, 4.69) is 37.5 Å². The van der Waals surface area contributed by atoms with Crippen LogP contribution >= 0.6 is 24.8 Å². The molecule has 2 N–H and O–H groups in total. The van der Waals surface area contributed by atoms with Crippen molar-refractivity contribution in [3.05, 3.63) is 0 Å². The van der Waals surface area contributed by atoms with Gasteiger partial charge in [-0.05, 0) is 58.4 Å². The van der Waals surface area contributed by atoms with Crippen molar-refractivity contribution in [3.63, 3.8) is 0 Å². The minimum absolute atomic E-state index is 0. The van der Waals surface area contributed by atoms with E-state index in [0.29, 0.717) is 18.8 Å². The number of carbonyl (C=O) groups is 1. The molecule has 0 aromatic rings. The molecule has 162 valence electrons. The normalized spacial score (nSPS) is 24.9. The van der Waals surface area contributed by atoms with Crippen molar-refractivity contribution in [3.8, 4) is 0 Å². The van der Waals surface area contributed by atoms with Gasteiger partial charge in [0.2, 0.25) is 5.91 Å². The van der Waals surface area contributed by atoms with Crippen LogP contribution in [0.15, 0.2) is 0 Å². The maximum atomic E-state index is 12.9. The van der Waals surface area contributed by atoms with E-state index in [1.54, 1.807) is 0 Å². The number of likely N-dealkylation sites (tertiary alicyclic amines) is 1. The second-order valence-corrected chi connectivity index (χ2v) is 8.23. The van der Waals surface area contributed by atoms with Crippen LogP contribution in [-0.2, 0) is 9.53 Å². The minimum atomic E-state index is -0.340. The van der Waals surface area contributed by atoms with Crippen LogP contribution < -0.4 is 5.73 Å². The van der Waals surface area contributed by atoms with Crippen LogP contribution in [0.3, 0.4) is 0 Å². The highest BCUT2D eigenvalue weighted by Crippen LogP contribution is 2.30. The van der Waals surface area contributed by atoms with Gasteiger partial charge >= 0.3 is 0 Å². The number of carbonyl (C=O) groups excluding carboxylic acids is 1. The molecular weight excluding hydrogens is 385 g/mol. The number of ether oxygens (including phenoxy) is 1. The third-order valence-electron chi connectivity index (χ3n) is 6.45. The number of morpholine rings is 1. The van der Waals surface area contributed by atoms with Gasteiger partial charge in [-0.3, -0.25) is 9.69 Å². The van der Waals surface area contributed by atoms with Crippen LogP contribution in [-0.4, -0.2) is 67.2 Å². The highest BCUT2D eigenvalue weighted by Gasteiger charge is 2.38. The van der Waals surface area contributed by atoms with Gasteiger partial charge in [0.25, 0.3) is 0 Å². The largest absolute Gasteiger partial charge is 0.373 e. The summed E-state index contributed by atoms with van der Waals surface area (Å²) in [6.07, 6.45) is 5.87. The fourth-order valence-corrected chi connectivity index (χ4v) is 4.52. The van der Waals surface area contributed by atoms with Crippen molar-refractivity contribution < 1.29 is 9.53 Å². The lowest BCUT2D eigenvalue weighted by Gasteiger charge is -2.40. The van der Waals surface area contributed by atoms with Crippen molar-refractivity contribution in [1.82, 2.24) is 9.80 Å². The molecule has 2 atom stereocenters. The Morgan fingerprint density at radius 1 is 1.07 bits per heavy atom. The fourth-order valence-electron chi connectivity index (χ4n) is 4.52. The van der Waals surface area contributed by atoms with Crippen molar-refractivity contribution in [2.75, 3.05) is 39.3 Å². The Balaban J connectivity index is 0.00000338. The summed E-state index contributed by atoms with van der Waals surface area (Å²) in [6, 6.07) is 0. The molecule has 0 radical (unpaired) electrons. The van der Waals surface area contributed by atoms with E-state index in [0.717, 1.165) is 64.3 Å². The van der Waals surface area contributed by atoms with E-state index in [1.165, 1.54) is 6.42 Å². The number of hydrogen-bond acceptors (Lipinski definition) is 4. The maximum absolute atomic E-state index is 12.9. The van der Waals surface area contributed by atoms with Gasteiger partial charge in [-0.25, -0.2) is 0 Å². The van der Waals surface area contributed by atoms with Crippen LogP contribution in [0, 0.1) is 11.3 Å². The second-order valence-electron chi connectivity index (χ2n) is 8.23. The van der Waals surface area contributed by atoms with Gasteiger partial charge in [0.05, 0.1) is 17.6 Å². The third-order valence-corrected chi connectivity index (χ3v) is 6.45. The Bertz CT molecular complexity index is 409. The molecule has 0 aromatic heterocycles. The Kier molecular flexibility index (Phi) is 12.5. The summed E-state index contributed by atoms with van der Waals surface area (Å²) in [7, 11) is 0. The van der Waals surface area contributed by atoms with Crippen LogP contribution in [0.25, 0.3) is 0 Å². The third kappa shape index (κ3) is 7.04. The number of rotatable bonds is 7. The molecule has 1 amide bonds. The number of nitrogens with two attached hydrogens (primary N) is 1. The first-order valence-corrected chi connectivity index (χ1v) is 10.3. The number of nitrogens with zero attached hydrogens (tertiary/aromatic N) is 2. The van der Waals surface area contributed by atoms with E-state index in [1.807, 2.05) is 0 Å². The predicted molar refractivity (Wildman–Crippen MR) is 117 cm³/mol. The van der Waals surface area contributed by atoms with Gasteiger partial charge in [-0.15, -0.1) is 24.8 Å². The molecule has 5 nitrogen and oxygen atoms in total. The summed E-state index contributed by atoms with van der Waals surface area (Å²) < 4.78 is 5.82. The molecule has 0 bridgehead atoms. The first-order valence-electron chi connectivity index (χ1n) is 10.3. The molecule has 2 aliphatic heterocycles. The molecule has 2 unspecified atom stereocenters. The number of piperidine rings is 1. The standard InChI is InChI=1S/C20H39N3O2.2ClH/c1-5-20(6-2,15-21)19(24)23-11-8-18(9-12-23)7-10-22-13-16(3)25-17(4)14-22;;/h16-18H,5-15,21H2,1-4H3;2*1H. The van der Waals surface area contributed by atoms with Crippen LogP contribution in [0.5, 0.6) is 0 Å². The zero-order valence-corrected chi connectivity index (χ0v) is 19.2. The fraction of sp³-hybridized carbons (Fsp3) is 0.950. The summed E-state index contributed by atoms with van der Waals surface area (Å²) in [5, 5.41) is 0. The summed E-state index contributed by atoms with van der Waals surface area (Å²) in [5.41, 5.74) is 5.61. The summed E-state index contributed by atoms with van der Waals surface area (Å²) in [5.74, 6) is 1.03. The van der Waals surface area contributed by atoms with Gasteiger partial charge in [0.15, 0.2) is 0 Å². The lowest BCUT2D eigenvalue weighted by Crippen LogP contribution is -2.50. The zero-order chi connectivity index (χ0) is 18.4. The van der Waals surface area contributed by atoms with E-state index < -0.39 is 0 Å². The van der Waals surface area contributed by atoms with E-state index in [-0.39, 0.29) is 36.1 Å². The van der Waals surface area contributed by atoms with Gasteiger partial charge in [0, 0.05) is 32.7 Å². The quantitative estimate of drug-likeness (QED) is 0.679. The monoisotopic (exact) mass is 425 g/mol. The number of halogens is 2. The molecule has 0 saturated carbocycles. The Morgan fingerprint density at radius 2 is 1.59 bits per heavy atom. The Hall–Kier alpha value is -0.0700. The molecule has 0 aliphatic carbocycles. The average Bonchev–Trinajstić information content (AvgIpc) is 2.61. The molecule has 2 saturated heterocycles. The molecule has 2 aliphatic rings. The highest BCUT2D eigenvalue weighted by molar-refractivity contribution is 5.85. The Morgan fingerprint density at radius 3 is 2.04 bits per heavy atom. The van der Waals surface area contributed by atoms with E-state index in [9.17, 15) is 4.79 Å². The average molecular weight is 426 g/mol. The van der Waals surface area contributed by atoms with Gasteiger partial charge in [0.1, 0.15) is 0 Å². The Labute approximate surface area is 178 Å². The van der Waals surface area contributed by atoms with Crippen LogP contribution in [0.1, 0.15) is 59.8 Å². The van der Waals surface area contributed by atoms with Crippen molar-refractivity contribution in [2.24, 2.45) is 17.1 Å². The van der Waals surface area contributed by atoms with Crippen LogP contribution in [0.2, 0.25) is 0 Å². The van der Waals surface area contributed by atoms with E-state index in [4.69, 9.17) is 10.5 Å². The first kappa shape index (κ1) is 26.9. The lowest BCUT2D eigenvalue weighted by molar-refractivity contribution is -0.143. The smallest absolute Gasteiger partial charge is 0.230 e. The first-order chi connectivity index (χ1) is 11.9. The molecule has 2 heterocycles. The molecule has 7 heteroatoms. The SMILES string of the molecule is CCC(CC)(CN)C(=O)N1CCC(CCN2CC(C)OC(C)C2)CC1.Cl.Cl. The van der Waals surface area contributed by atoms with Gasteiger partial charge < -0.3 is 15.4 Å². The molecule has 0 spiro atoms. The van der Waals surface area contributed by atoms with Crippen molar-refractivity contribution >= 4 is 30.7 Å². The van der Waals surface area contributed by atoms with E-state index >= 15 is 0 Å². The summed E-state index contributed by atoms with van der Waals surface area (Å²) in [6.45, 7) is 14.0. The molecule has 27 heavy (non-hydrogen) atoms. The zero-order valence-electron chi connectivity index (χ0n) is 17.6. The maximum Gasteiger partial charge on any atom is 0.230 e. The molecule has 0 aromatic carbocycles. The van der Waals surface area contributed by atoms with Crippen molar-refractivity contribution in [2.45, 2.75) is 72.0 Å². The highest BCUT2D eigenvalue weighted by atomic mass is 35.5. The molecule has 2 rings (SSSR count). The van der Waals surface area contributed by atoms with Crippen molar-refractivity contribution in [1.29, 1.82) is 0 Å². The van der Waals surface area contributed by atoms with Gasteiger partial charge in [-0.1, -0.05) is 13.8 Å². The topological polar surface area (TPSA) is 58.8 Å². The number of amides is 1. The van der Waals surface area contributed by atoms with Gasteiger partial charge in [-0.2, -0.15) is 0 Å². The second kappa shape index (κ2) is 12.5. The predicted octanol–water partition coefficient (Wildman–Crippen LogP) is 3.33. The molecular formula is C20H41Cl2N3O2. The molecule has 2 fully saturated rings. The number of hydrogen-bond donors (Lipinski definition) is 1. The lowest BCUT2D eigenvalue weighted by atomic mass is 9.80. The minimum Gasteiger partial charge on any atom is -0.373 e.